The lowest BCUT2D eigenvalue weighted by Gasteiger charge is -2.29. The fraction of sp³-hybridized carbons (Fsp3) is 0.500. The van der Waals surface area contributed by atoms with Gasteiger partial charge in [0.2, 0.25) is 0 Å². The first-order valence-corrected chi connectivity index (χ1v) is 7.11. The number of hydrogen-bond acceptors (Lipinski definition) is 5. The molecule has 100 valence electrons. The van der Waals surface area contributed by atoms with E-state index in [-0.39, 0.29) is 11.3 Å². The molecule has 0 aliphatic heterocycles. The zero-order valence-corrected chi connectivity index (χ0v) is 11.7. The summed E-state index contributed by atoms with van der Waals surface area (Å²) in [5.41, 5.74) is 6.21. The van der Waals surface area contributed by atoms with Crippen molar-refractivity contribution in [2.24, 2.45) is 0 Å². The molecular weight excluding hydrogens is 250 g/mol. The van der Waals surface area contributed by atoms with Gasteiger partial charge in [0.15, 0.2) is 5.82 Å². The molecule has 0 saturated carbocycles. The molecule has 0 fully saturated rings. The molecule has 1 unspecified atom stereocenters. The van der Waals surface area contributed by atoms with Gasteiger partial charge in [0.1, 0.15) is 0 Å². The summed E-state index contributed by atoms with van der Waals surface area (Å²) in [7, 11) is 1.90. The zero-order chi connectivity index (χ0) is 13.7. The molecule has 18 heavy (non-hydrogen) atoms. The zero-order valence-electron chi connectivity index (χ0n) is 10.9. The normalized spacial score (nSPS) is 12.2. The first-order chi connectivity index (χ1) is 8.52. The molecule has 5 nitrogen and oxygen atoms in total. The Labute approximate surface area is 111 Å². The highest BCUT2D eigenvalue weighted by Crippen LogP contribution is 2.26. The van der Waals surface area contributed by atoms with Crippen molar-refractivity contribution >= 4 is 29.2 Å². The average Bonchev–Trinajstić information content (AvgIpc) is 2.35. The van der Waals surface area contributed by atoms with E-state index < -0.39 is 5.97 Å². The number of rotatable bonds is 6. The molecule has 0 saturated heterocycles. The maximum Gasteiger partial charge on any atom is 0.337 e. The van der Waals surface area contributed by atoms with Crippen molar-refractivity contribution in [3.63, 3.8) is 0 Å². The van der Waals surface area contributed by atoms with Crippen LogP contribution in [0.5, 0.6) is 0 Å². The van der Waals surface area contributed by atoms with E-state index in [9.17, 15) is 4.79 Å². The quantitative estimate of drug-likeness (QED) is 0.821. The highest BCUT2D eigenvalue weighted by Gasteiger charge is 2.19. The SMILES string of the molecule is CCC(CSC)N(C)c1nccc(C(=O)O)c1N. The first kappa shape index (κ1) is 14.6. The number of aromatic nitrogens is 1. The van der Waals surface area contributed by atoms with E-state index >= 15 is 0 Å². The van der Waals surface area contributed by atoms with Gasteiger partial charge in [-0.1, -0.05) is 6.92 Å². The van der Waals surface area contributed by atoms with Crippen LogP contribution in [0.4, 0.5) is 11.5 Å². The summed E-state index contributed by atoms with van der Waals surface area (Å²) in [6.45, 7) is 2.09. The number of thioether (sulfide) groups is 1. The third-order valence-corrected chi connectivity index (χ3v) is 3.63. The Morgan fingerprint density at radius 3 is 2.83 bits per heavy atom. The number of carboxylic acids is 1. The van der Waals surface area contributed by atoms with Crippen molar-refractivity contribution in [2.45, 2.75) is 19.4 Å². The van der Waals surface area contributed by atoms with Gasteiger partial charge in [-0.3, -0.25) is 0 Å². The largest absolute Gasteiger partial charge is 0.478 e. The number of hydrogen-bond donors (Lipinski definition) is 2. The molecule has 0 aliphatic carbocycles. The van der Waals surface area contributed by atoms with Gasteiger partial charge in [-0.25, -0.2) is 9.78 Å². The fourth-order valence-electron chi connectivity index (χ4n) is 1.80. The van der Waals surface area contributed by atoms with E-state index in [1.807, 2.05) is 18.2 Å². The Hall–Kier alpha value is -1.43. The van der Waals surface area contributed by atoms with Crippen LogP contribution >= 0.6 is 11.8 Å². The van der Waals surface area contributed by atoms with Gasteiger partial charge in [0, 0.05) is 25.0 Å². The summed E-state index contributed by atoms with van der Waals surface area (Å²) in [4.78, 5) is 17.2. The first-order valence-electron chi connectivity index (χ1n) is 5.72. The highest BCUT2D eigenvalue weighted by molar-refractivity contribution is 7.98. The number of nitrogens with two attached hydrogens (primary N) is 1. The second kappa shape index (κ2) is 6.49. The topological polar surface area (TPSA) is 79.5 Å². The average molecular weight is 269 g/mol. The molecule has 0 aliphatic rings. The summed E-state index contributed by atoms with van der Waals surface area (Å²) < 4.78 is 0. The minimum absolute atomic E-state index is 0.103. The van der Waals surface area contributed by atoms with Crippen LogP contribution in [-0.2, 0) is 0 Å². The monoisotopic (exact) mass is 269 g/mol. The van der Waals surface area contributed by atoms with Crippen molar-refractivity contribution in [1.29, 1.82) is 0 Å². The Bertz CT molecular complexity index is 426. The number of carboxylic acid groups (broad SMARTS) is 1. The Kier molecular flexibility index (Phi) is 5.27. The van der Waals surface area contributed by atoms with Gasteiger partial charge in [-0.05, 0) is 18.7 Å². The highest BCUT2D eigenvalue weighted by atomic mass is 32.2. The van der Waals surface area contributed by atoms with Crippen LogP contribution in [0.25, 0.3) is 0 Å². The van der Waals surface area contributed by atoms with E-state index in [0.717, 1.165) is 12.2 Å². The lowest BCUT2D eigenvalue weighted by Crippen LogP contribution is -2.34. The van der Waals surface area contributed by atoms with Crippen LogP contribution in [0.2, 0.25) is 0 Å². The van der Waals surface area contributed by atoms with Crippen molar-refractivity contribution in [1.82, 2.24) is 4.98 Å². The Morgan fingerprint density at radius 1 is 1.67 bits per heavy atom. The number of aromatic carboxylic acids is 1. The van der Waals surface area contributed by atoms with Crippen LogP contribution in [0.3, 0.4) is 0 Å². The van der Waals surface area contributed by atoms with Crippen LogP contribution < -0.4 is 10.6 Å². The van der Waals surface area contributed by atoms with Crippen molar-refractivity contribution < 1.29 is 9.90 Å². The molecule has 1 atom stereocenters. The smallest absolute Gasteiger partial charge is 0.337 e. The predicted molar refractivity (Wildman–Crippen MR) is 76.5 cm³/mol. The van der Waals surface area contributed by atoms with Crippen LogP contribution in [0.1, 0.15) is 23.7 Å². The van der Waals surface area contributed by atoms with E-state index in [0.29, 0.717) is 11.9 Å². The van der Waals surface area contributed by atoms with Gasteiger partial charge in [0.05, 0.1) is 11.3 Å². The van der Waals surface area contributed by atoms with Crippen LogP contribution in [0, 0.1) is 0 Å². The Morgan fingerprint density at radius 2 is 2.33 bits per heavy atom. The molecule has 0 bridgehead atoms. The minimum atomic E-state index is -1.03. The van der Waals surface area contributed by atoms with Gasteiger partial charge in [-0.2, -0.15) is 11.8 Å². The molecule has 0 amide bonds. The lowest BCUT2D eigenvalue weighted by atomic mass is 10.2. The van der Waals surface area contributed by atoms with Gasteiger partial charge >= 0.3 is 5.97 Å². The standard InChI is InChI=1S/C12H19N3O2S/c1-4-8(7-18-3)15(2)11-10(13)9(12(16)17)5-6-14-11/h5-6,8H,4,7,13H2,1-3H3,(H,16,17). The summed E-state index contributed by atoms with van der Waals surface area (Å²) in [5, 5.41) is 9.04. The van der Waals surface area contributed by atoms with Crippen LogP contribution in [0.15, 0.2) is 12.3 Å². The van der Waals surface area contributed by atoms with Gasteiger partial charge < -0.3 is 15.7 Å². The summed E-state index contributed by atoms with van der Waals surface area (Å²) in [6.07, 6.45) is 4.48. The number of carbonyl (C=O) groups is 1. The van der Waals surface area contributed by atoms with E-state index in [1.165, 1.54) is 12.3 Å². The van der Waals surface area contributed by atoms with E-state index in [4.69, 9.17) is 10.8 Å². The summed E-state index contributed by atoms with van der Waals surface area (Å²) >= 11 is 1.75. The number of nitrogens with zero attached hydrogens (tertiary/aromatic N) is 2. The third-order valence-electron chi connectivity index (χ3n) is 2.91. The second-order valence-corrected chi connectivity index (χ2v) is 4.94. The maximum atomic E-state index is 11.0. The molecule has 1 aromatic heterocycles. The molecule has 0 spiro atoms. The van der Waals surface area contributed by atoms with E-state index in [1.54, 1.807) is 11.8 Å². The number of anilines is 2. The third kappa shape index (κ3) is 3.07. The molecule has 1 aromatic rings. The Balaban J connectivity index is 3.08. The van der Waals surface area contributed by atoms with Crippen molar-refractivity contribution in [3.8, 4) is 0 Å². The molecule has 0 radical (unpaired) electrons. The van der Waals surface area contributed by atoms with Crippen LogP contribution in [-0.4, -0.2) is 41.2 Å². The maximum absolute atomic E-state index is 11.0. The molecule has 3 N–H and O–H groups in total. The summed E-state index contributed by atoms with van der Waals surface area (Å²) in [5.74, 6) is 0.462. The number of nitrogen functional groups attached to an aromatic ring is 1. The number of pyridine rings is 1. The van der Waals surface area contributed by atoms with Gasteiger partial charge in [-0.15, -0.1) is 0 Å². The van der Waals surface area contributed by atoms with Crippen molar-refractivity contribution in [3.05, 3.63) is 17.8 Å². The second-order valence-electron chi connectivity index (χ2n) is 4.03. The summed E-state index contributed by atoms with van der Waals surface area (Å²) in [6, 6.07) is 1.71. The molecule has 1 heterocycles. The molecular formula is C12H19N3O2S. The lowest BCUT2D eigenvalue weighted by molar-refractivity contribution is 0.0698. The van der Waals surface area contributed by atoms with E-state index in [2.05, 4.69) is 11.9 Å². The molecule has 1 rings (SSSR count). The van der Waals surface area contributed by atoms with Crippen molar-refractivity contribution in [2.75, 3.05) is 29.7 Å². The van der Waals surface area contributed by atoms with Gasteiger partial charge in [0.25, 0.3) is 0 Å². The predicted octanol–water partition coefficient (Wildman–Crippen LogP) is 1.94. The minimum Gasteiger partial charge on any atom is -0.478 e. The molecule has 0 aromatic carbocycles. The molecule has 6 heteroatoms. The fourth-order valence-corrected chi connectivity index (χ4v) is 2.64.